The van der Waals surface area contributed by atoms with Crippen molar-refractivity contribution in [2.75, 3.05) is 47.1 Å². The van der Waals surface area contributed by atoms with E-state index in [0.717, 1.165) is 11.0 Å². The molecule has 6 heteroatoms. The van der Waals surface area contributed by atoms with Gasteiger partial charge in [0.2, 0.25) is 0 Å². The Hall–Kier alpha value is -1.46. The molecule has 0 heterocycles. The number of carbonyl (C=O) groups excluding carboxylic acids is 1. The van der Waals surface area contributed by atoms with Crippen LogP contribution in [0.15, 0.2) is 12.1 Å². The molecule has 0 aromatic heterocycles. The molecule has 0 spiro atoms. The summed E-state index contributed by atoms with van der Waals surface area (Å²) >= 11 is 5.93. The maximum atomic E-state index is 12.1. The van der Waals surface area contributed by atoms with Gasteiger partial charge in [0, 0.05) is 6.07 Å². The second-order valence-corrected chi connectivity index (χ2v) is 5.75. The van der Waals surface area contributed by atoms with Crippen LogP contribution >= 0.6 is 11.6 Å². The predicted molar refractivity (Wildman–Crippen MR) is 77.6 cm³/mol. The summed E-state index contributed by atoms with van der Waals surface area (Å²) in [7, 11) is 7.68. The fourth-order valence-corrected chi connectivity index (χ4v) is 1.68. The number of benzene rings is 1. The van der Waals surface area contributed by atoms with E-state index in [1.807, 2.05) is 0 Å². The molecular weight excluding hydrogens is 266 g/mol. The number of carbonyl (C=O) groups is 1. The quantitative estimate of drug-likeness (QED) is 0.635. The first-order valence-corrected chi connectivity index (χ1v) is 6.34. The van der Waals surface area contributed by atoms with Crippen molar-refractivity contribution in [2.24, 2.45) is 0 Å². The summed E-state index contributed by atoms with van der Waals surface area (Å²) in [6.07, 6.45) is 0. The minimum atomic E-state index is -0.216. The number of hydrogen-bond acceptors (Lipinski definition) is 3. The topological polar surface area (TPSA) is 64.3 Å². The fraction of sp³-hybridized carbons (Fsp3) is 0.462. The zero-order chi connectivity index (χ0) is 14.6. The molecule has 5 nitrogen and oxygen atoms in total. The third kappa shape index (κ3) is 4.61. The number of quaternary nitrogens is 1. The minimum Gasteiger partial charge on any atom is -0.496 e. The smallest absolute Gasteiger partial charge is 0.255 e. The number of nitrogen functional groups attached to an aromatic ring is 1. The van der Waals surface area contributed by atoms with Crippen molar-refractivity contribution in [3.05, 3.63) is 22.7 Å². The van der Waals surface area contributed by atoms with Gasteiger partial charge in [-0.1, -0.05) is 11.6 Å². The van der Waals surface area contributed by atoms with E-state index in [4.69, 9.17) is 22.1 Å². The molecule has 0 bridgehead atoms. The van der Waals surface area contributed by atoms with E-state index in [1.165, 1.54) is 13.2 Å². The van der Waals surface area contributed by atoms with Crippen molar-refractivity contribution in [2.45, 2.75) is 0 Å². The van der Waals surface area contributed by atoms with Crippen LogP contribution in [0.1, 0.15) is 10.4 Å². The molecule has 0 fully saturated rings. The van der Waals surface area contributed by atoms with E-state index < -0.39 is 0 Å². The van der Waals surface area contributed by atoms with Crippen LogP contribution in [-0.2, 0) is 0 Å². The SMILES string of the molecule is COc1cc(N)c(Cl)cc1C(=O)NCC[N+](C)(C)C. The summed E-state index contributed by atoms with van der Waals surface area (Å²) in [6, 6.07) is 3.08. The van der Waals surface area contributed by atoms with Gasteiger partial charge in [-0.05, 0) is 6.07 Å². The number of ether oxygens (including phenoxy) is 1. The number of nitrogens with two attached hydrogens (primary N) is 1. The number of hydrogen-bond donors (Lipinski definition) is 2. The second kappa shape index (κ2) is 6.12. The van der Waals surface area contributed by atoms with Gasteiger partial charge in [0.25, 0.3) is 5.91 Å². The van der Waals surface area contributed by atoms with E-state index in [1.54, 1.807) is 6.07 Å². The maximum absolute atomic E-state index is 12.1. The molecule has 3 N–H and O–H groups in total. The third-order valence-corrected chi connectivity index (χ3v) is 2.96. The summed E-state index contributed by atoms with van der Waals surface area (Å²) in [6.45, 7) is 1.41. The van der Waals surface area contributed by atoms with Crippen LogP contribution < -0.4 is 15.8 Å². The highest BCUT2D eigenvalue weighted by atomic mass is 35.5. The van der Waals surface area contributed by atoms with Gasteiger partial charge in [-0.3, -0.25) is 4.79 Å². The Morgan fingerprint density at radius 1 is 1.42 bits per heavy atom. The maximum Gasteiger partial charge on any atom is 0.255 e. The summed E-state index contributed by atoms with van der Waals surface area (Å²) in [5.74, 6) is 0.205. The zero-order valence-electron chi connectivity index (χ0n) is 11.8. The van der Waals surface area contributed by atoms with Crippen molar-refractivity contribution in [3.63, 3.8) is 0 Å². The van der Waals surface area contributed by atoms with Gasteiger partial charge < -0.3 is 20.3 Å². The van der Waals surface area contributed by atoms with Gasteiger partial charge in [-0.2, -0.15) is 0 Å². The van der Waals surface area contributed by atoms with Crippen molar-refractivity contribution >= 4 is 23.2 Å². The van der Waals surface area contributed by atoms with Gasteiger partial charge in [-0.15, -0.1) is 0 Å². The molecule has 0 aliphatic carbocycles. The minimum absolute atomic E-state index is 0.216. The fourth-order valence-electron chi connectivity index (χ4n) is 1.52. The first-order chi connectivity index (χ1) is 8.74. The lowest BCUT2D eigenvalue weighted by Crippen LogP contribution is -2.41. The lowest BCUT2D eigenvalue weighted by Gasteiger charge is -2.23. The van der Waals surface area contributed by atoms with Crippen LogP contribution in [0.25, 0.3) is 0 Å². The molecule has 0 radical (unpaired) electrons. The van der Waals surface area contributed by atoms with Gasteiger partial charge >= 0.3 is 0 Å². The van der Waals surface area contributed by atoms with Crippen LogP contribution in [0.3, 0.4) is 0 Å². The summed E-state index contributed by atoms with van der Waals surface area (Å²) in [5, 5.41) is 3.19. The molecule has 1 rings (SSSR count). The number of amides is 1. The summed E-state index contributed by atoms with van der Waals surface area (Å²) in [5.41, 5.74) is 6.46. The Kier molecular flexibility index (Phi) is 5.03. The van der Waals surface area contributed by atoms with Crippen LogP contribution in [0, 0.1) is 0 Å². The largest absolute Gasteiger partial charge is 0.496 e. The van der Waals surface area contributed by atoms with Crippen molar-refractivity contribution in [1.29, 1.82) is 0 Å². The van der Waals surface area contributed by atoms with Gasteiger partial charge in [-0.25, -0.2) is 0 Å². The molecule has 1 aromatic carbocycles. The van der Waals surface area contributed by atoms with E-state index in [2.05, 4.69) is 26.5 Å². The molecule has 1 aromatic rings. The first-order valence-electron chi connectivity index (χ1n) is 5.96. The molecule has 0 unspecified atom stereocenters. The Morgan fingerprint density at radius 2 is 2.05 bits per heavy atom. The molecule has 0 saturated heterocycles. The average molecular weight is 287 g/mol. The Labute approximate surface area is 118 Å². The van der Waals surface area contributed by atoms with E-state index in [9.17, 15) is 4.79 Å². The normalized spacial score (nSPS) is 11.2. The number of nitrogens with zero attached hydrogens (tertiary/aromatic N) is 1. The third-order valence-electron chi connectivity index (χ3n) is 2.63. The Balaban J connectivity index is 2.79. The van der Waals surface area contributed by atoms with Gasteiger partial charge in [0.05, 0.1) is 57.6 Å². The molecule has 19 heavy (non-hydrogen) atoms. The number of rotatable bonds is 5. The molecule has 106 valence electrons. The highest BCUT2D eigenvalue weighted by Crippen LogP contribution is 2.28. The van der Waals surface area contributed by atoms with Crippen LogP contribution in [0.4, 0.5) is 5.69 Å². The van der Waals surface area contributed by atoms with Crippen LogP contribution in [-0.4, -0.2) is 51.7 Å². The van der Waals surface area contributed by atoms with Gasteiger partial charge in [0.1, 0.15) is 5.75 Å². The monoisotopic (exact) mass is 286 g/mol. The zero-order valence-corrected chi connectivity index (χ0v) is 12.5. The molecule has 0 saturated carbocycles. The molecule has 1 amide bonds. The predicted octanol–water partition coefficient (Wildman–Crippen LogP) is 1.37. The lowest BCUT2D eigenvalue weighted by atomic mass is 10.1. The van der Waals surface area contributed by atoms with Crippen LogP contribution in [0.5, 0.6) is 5.75 Å². The Morgan fingerprint density at radius 3 is 2.58 bits per heavy atom. The number of halogens is 1. The number of methoxy groups -OCH3 is 1. The van der Waals surface area contributed by atoms with Crippen LogP contribution in [0.2, 0.25) is 5.02 Å². The standard InChI is InChI=1S/C13H20ClN3O2/c1-17(2,3)6-5-16-13(18)9-7-10(14)11(15)8-12(9)19-4/h7-8H,5-6H2,1-4H3,(H2-,15,16,18)/p+1. The summed E-state index contributed by atoms with van der Waals surface area (Å²) < 4.78 is 5.92. The second-order valence-electron chi connectivity index (χ2n) is 5.34. The van der Waals surface area contributed by atoms with Crippen molar-refractivity contribution in [3.8, 4) is 5.75 Å². The van der Waals surface area contributed by atoms with Crippen molar-refractivity contribution < 1.29 is 14.0 Å². The number of anilines is 1. The Bertz CT molecular complexity index is 470. The highest BCUT2D eigenvalue weighted by Gasteiger charge is 2.15. The van der Waals surface area contributed by atoms with Crippen molar-refractivity contribution in [1.82, 2.24) is 5.32 Å². The molecular formula is C13H21ClN3O2+. The first kappa shape index (κ1) is 15.6. The van der Waals surface area contributed by atoms with E-state index >= 15 is 0 Å². The summed E-state index contributed by atoms with van der Waals surface area (Å²) in [4.78, 5) is 12.1. The van der Waals surface area contributed by atoms with E-state index in [0.29, 0.717) is 28.6 Å². The highest BCUT2D eigenvalue weighted by molar-refractivity contribution is 6.33. The molecule has 0 aliphatic heterocycles. The van der Waals surface area contributed by atoms with E-state index in [-0.39, 0.29) is 5.91 Å². The average Bonchev–Trinajstić information content (AvgIpc) is 2.30. The molecule has 0 aliphatic rings. The number of nitrogens with one attached hydrogen (secondary N) is 1. The number of likely N-dealkylation sites (N-methyl/N-ethyl adjacent to an activating group) is 1. The lowest BCUT2D eigenvalue weighted by molar-refractivity contribution is -0.869. The van der Waals surface area contributed by atoms with Gasteiger partial charge in [0.15, 0.2) is 0 Å². The molecule has 0 atom stereocenters.